The molecule has 8 nitrogen and oxygen atoms in total. The smallest absolute Gasteiger partial charge is 0.422 e. The van der Waals surface area contributed by atoms with Gasteiger partial charge in [0.1, 0.15) is 11.3 Å². The Morgan fingerprint density at radius 1 is 1.08 bits per heavy atom. The fourth-order valence-electron chi connectivity index (χ4n) is 5.77. The molecule has 5 rings (SSSR count). The Kier molecular flexibility index (Phi) is 6.92. The summed E-state index contributed by atoms with van der Waals surface area (Å²) in [5.41, 5.74) is -0.139. The quantitative estimate of drug-likeness (QED) is 0.360. The number of fused-ring (bicyclic) bond motifs is 3. The molecule has 0 unspecified atom stereocenters. The zero-order valence-electron chi connectivity index (χ0n) is 19.7. The summed E-state index contributed by atoms with van der Waals surface area (Å²) in [6, 6.07) is 0.159. The molecule has 1 N–H and O–H groups in total. The predicted molar refractivity (Wildman–Crippen MR) is 129 cm³/mol. The minimum absolute atomic E-state index is 0.0993. The molecule has 37 heavy (non-hydrogen) atoms. The van der Waals surface area contributed by atoms with E-state index in [1.54, 1.807) is 4.90 Å². The highest BCUT2D eigenvalue weighted by Gasteiger charge is 2.44. The van der Waals surface area contributed by atoms with E-state index < -0.39 is 30.7 Å². The van der Waals surface area contributed by atoms with E-state index in [2.05, 4.69) is 25.9 Å². The summed E-state index contributed by atoms with van der Waals surface area (Å²) in [6.07, 6.45) is -0.162. The maximum atomic E-state index is 15.6. The van der Waals surface area contributed by atoms with Crippen LogP contribution in [-0.2, 0) is 0 Å². The second-order valence-corrected chi connectivity index (χ2v) is 10.7. The second-order valence-electron chi connectivity index (χ2n) is 9.86. The molecular formula is C24H25BrF4N4O4. The molecule has 1 aliphatic carbocycles. The number of piperazine rings is 1. The number of carbonyl (C=O) groups excluding carboxylic acids is 1. The van der Waals surface area contributed by atoms with Crippen LogP contribution in [0.2, 0.25) is 0 Å². The van der Waals surface area contributed by atoms with Gasteiger partial charge in [0.05, 0.1) is 16.6 Å². The lowest BCUT2D eigenvalue weighted by molar-refractivity contribution is -0.154. The number of halogens is 5. The zero-order valence-corrected chi connectivity index (χ0v) is 21.3. The monoisotopic (exact) mass is 588 g/mol. The zero-order chi connectivity index (χ0) is 26.5. The number of Topliss-reactive ketones (excluding diaryl/α,β-unsaturated/α-hetero) is 1. The highest BCUT2D eigenvalue weighted by atomic mass is 79.9. The number of hydrogen-bond donors (Lipinski definition) is 1. The first-order valence-electron chi connectivity index (χ1n) is 12.2. The minimum Gasteiger partial charge on any atom is -0.465 e. The summed E-state index contributed by atoms with van der Waals surface area (Å²) in [5, 5.41) is 9.76. The summed E-state index contributed by atoms with van der Waals surface area (Å²) in [7, 11) is 0. The van der Waals surface area contributed by atoms with Crippen LogP contribution in [0.1, 0.15) is 55.3 Å². The lowest BCUT2D eigenvalue weighted by atomic mass is 9.83. The van der Waals surface area contributed by atoms with Crippen molar-refractivity contribution in [1.82, 2.24) is 14.9 Å². The number of hydrogen-bond acceptors (Lipinski definition) is 6. The van der Waals surface area contributed by atoms with E-state index in [4.69, 9.17) is 4.74 Å². The van der Waals surface area contributed by atoms with Gasteiger partial charge in [-0.15, -0.1) is 0 Å². The van der Waals surface area contributed by atoms with Crippen molar-refractivity contribution >= 4 is 44.5 Å². The largest absolute Gasteiger partial charge is 0.465 e. The lowest BCUT2D eigenvalue weighted by Gasteiger charge is -2.40. The van der Waals surface area contributed by atoms with E-state index in [-0.39, 0.29) is 63.6 Å². The topological polar surface area (TPSA) is 95.9 Å². The van der Waals surface area contributed by atoms with Crippen molar-refractivity contribution in [2.75, 3.05) is 24.6 Å². The number of nitrogens with zero attached hydrogens (tertiary/aromatic N) is 4. The van der Waals surface area contributed by atoms with Crippen LogP contribution in [0.4, 0.5) is 28.2 Å². The van der Waals surface area contributed by atoms with Crippen molar-refractivity contribution in [2.45, 2.75) is 63.2 Å². The molecule has 1 amide bonds. The fourth-order valence-corrected chi connectivity index (χ4v) is 6.27. The van der Waals surface area contributed by atoms with Gasteiger partial charge in [0.2, 0.25) is 0 Å². The molecule has 3 heterocycles. The normalized spacial score (nSPS) is 22.5. The molecule has 13 heteroatoms. The van der Waals surface area contributed by atoms with Crippen LogP contribution in [0, 0.1) is 11.7 Å². The molecule has 2 atom stereocenters. The Labute approximate surface area is 218 Å². The van der Waals surface area contributed by atoms with Gasteiger partial charge in [0, 0.05) is 30.0 Å². The Morgan fingerprint density at radius 3 is 2.32 bits per heavy atom. The van der Waals surface area contributed by atoms with E-state index in [0.717, 1.165) is 19.3 Å². The van der Waals surface area contributed by atoms with Gasteiger partial charge >= 0.3 is 18.3 Å². The van der Waals surface area contributed by atoms with Gasteiger partial charge < -0.3 is 14.7 Å². The van der Waals surface area contributed by atoms with Gasteiger partial charge in [-0.2, -0.15) is 23.1 Å². The number of aromatic nitrogens is 2. The van der Waals surface area contributed by atoms with E-state index in [0.29, 0.717) is 25.7 Å². The number of rotatable bonds is 5. The summed E-state index contributed by atoms with van der Waals surface area (Å²) in [5.74, 6) is -1.21. The molecule has 3 fully saturated rings. The Hall–Kier alpha value is -2.70. The number of carbonyl (C=O) groups is 2. The summed E-state index contributed by atoms with van der Waals surface area (Å²) in [4.78, 5) is 36.3. The first-order chi connectivity index (χ1) is 17.5. The van der Waals surface area contributed by atoms with E-state index in [1.807, 2.05) is 0 Å². The maximum absolute atomic E-state index is 15.6. The Morgan fingerprint density at radius 2 is 1.73 bits per heavy atom. The minimum atomic E-state index is -4.65. The molecule has 2 bridgehead atoms. The molecule has 1 aromatic carbocycles. The first kappa shape index (κ1) is 25.9. The standard InChI is InChI=1S/C24H25BrF4N4O4/c25-17-15(20(34)12-4-2-1-3-5-12)8-16-19(18(17)26)30-22(37-11-24(27,28)29)31-21(16)32-9-13-6-7-14(10-32)33(13)23(35)36/h8,12-14H,1-7,9-11H2,(H,35,36)/t13-,14+. The molecule has 1 aromatic heterocycles. The third kappa shape index (κ3) is 5.06. The second kappa shape index (κ2) is 9.88. The molecule has 0 radical (unpaired) electrons. The first-order valence-corrected chi connectivity index (χ1v) is 13.0. The number of carboxylic acid groups (broad SMARTS) is 1. The van der Waals surface area contributed by atoms with Crippen LogP contribution in [0.15, 0.2) is 10.5 Å². The number of anilines is 1. The van der Waals surface area contributed by atoms with Crippen LogP contribution < -0.4 is 9.64 Å². The average Bonchev–Trinajstić information content (AvgIpc) is 3.14. The Bertz CT molecular complexity index is 1220. The van der Waals surface area contributed by atoms with Crippen molar-refractivity contribution in [2.24, 2.45) is 5.92 Å². The van der Waals surface area contributed by atoms with Gasteiger partial charge in [-0.1, -0.05) is 19.3 Å². The van der Waals surface area contributed by atoms with Crippen LogP contribution in [0.3, 0.4) is 0 Å². The molecule has 200 valence electrons. The average molecular weight is 589 g/mol. The fraction of sp³-hybridized carbons (Fsp3) is 0.583. The van der Waals surface area contributed by atoms with Crippen molar-refractivity contribution in [3.63, 3.8) is 0 Å². The molecular weight excluding hydrogens is 564 g/mol. The lowest BCUT2D eigenvalue weighted by Crippen LogP contribution is -2.55. The molecule has 1 saturated carbocycles. The molecule has 0 spiro atoms. The van der Waals surface area contributed by atoms with E-state index in [1.165, 1.54) is 11.0 Å². The van der Waals surface area contributed by atoms with Gasteiger partial charge in [-0.25, -0.2) is 9.18 Å². The maximum Gasteiger partial charge on any atom is 0.422 e. The third-order valence-electron chi connectivity index (χ3n) is 7.44. The summed E-state index contributed by atoms with van der Waals surface area (Å²) >= 11 is 3.17. The SMILES string of the molecule is O=C(c1cc2c(N3C[C@H]4CC[C@@H](C3)N4C(=O)O)nc(OCC(F)(F)F)nc2c(F)c1Br)C1CCCCC1. The van der Waals surface area contributed by atoms with E-state index in [9.17, 15) is 27.9 Å². The number of benzene rings is 1. The van der Waals surface area contributed by atoms with Gasteiger partial charge in [-0.05, 0) is 47.7 Å². The molecule has 2 aliphatic heterocycles. The molecule has 2 aromatic rings. The van der Waals surface area contributed by atoms with Gasteiger partial charge in [0.25, 0.3) is 0 Å². The predicted octanol–water partition coefficient (Wildman–Crippen LogP) is 5.57. The van der Waals surface area contributed by atoms with Gasteiger partial charge in [0.15, 0.2) is 18.2 Å². The van der Waals surface area contributed by atoms with Gasteiger partial charge in [-0.3, -0.25) is 9.69 Å². The van der Waals surface area contributed by atoms with Crippen molar-refractivity contribution in [1.29, 1.82) is 0 Å². The Balaban J connectivity index is 1.60. The summed E-state index contributed by atoms with van der Waals surface area (Å²) < 4.78 is 58.8. The highest BCUT2D eigenvalue weighted by Crippen LogP contribution is 2.39. The number of ketones is 1. The third-order valence-corrected chi connectivity index (χ3v) is 8.21. The van der Waals surface area contributed by atoms with Crippen LogP contribution >= 0.6 is 15.9 Å². The van der Waals surface area contributed by atoms with Crippen molar-refractivity contribution in [3.05, 3.63) is 21.9 Å². The number of ether oxygens (including phenoxy) is 1. The van der Waals surface area contributed by atoms with Crippen LogP contribution in [-0.4, -0.2) is 69.8 Å². The highest BCUT2D eigenvalue weighted by molar-refractivity contribution is 9.10. The van der Waals surface area contributed by atoms with E-state index >= 15 is 4.39 Å². The summed E-state index contributed by atoms with van der Waals surface area (Å²) in [6.45, 7) is -1.22. The van der Waals surface area contributed by atoms with Crippen LogP contribution in [0.5, 0.6) is 6.01 Å². The molecule has 2 saturated heterocycles. The van der Waals surface area contributed by atoms with Crippen LogP contribution in [0.25, 0.3) is 10.9 Å². The number of alkyl halides is 3. The molecule has 3 aliphatic rings. The van der Waals surface area contributed by atoms with Crippen molar-refractivity contribution < 1.29 is 37.0 Å². The van der Waals surface area contributed by atoms with Crippen molar-refractivity contribution in [3.8, 4) is 6.01 Å². The number of amides is 1.